The molecule has 14 heavy (non-hydrogen) atoms. The third kappa shape index (κ3) is 1.88. The number of nitrogens with zero attached hydrogens (tertiary/aromatic N) is 3. The van der Waals surface area contributed by atoms with Crippen molar-refractivity contribution in [1.82, 2.24) is 4.98 Å². The van der Waals surface area contributed by atoms with Crippen LogP contribution in [-0.2, 0) is 0 Å². The Bertz CT molecular complexity index is 396. The number of thioether (sulfide) groups is 1. The molecule has 2 heterocycles. The number of rotatable bonds is 1. The van der Waals surface area contributed by atoms with Gasteiger partial charge in [0.1, 0.15) is 0 Å². The van der Waals surface area contributed by atoms with Gasteiger partial charge in [0.15, 0.2) is 0 Å². The molecule has 0 saturated heterocycles. The van der Waals surface area contributed by atoms with Crippen molar-refractivity contribution in [1.29, 1.82) is 0 Å². The van der Waals surface area contributed by atoms with Gasteiger partial charge in [-0.05, 0) is 6.07 Å². The lowest BCUT2D eigenvalue weighted by Gasteiger charge is -2.18. The third-order valence-electron chi connectivity index (χ3n) is 1.59. The topological polar surface area (TPSA) is 45.6 Å². The fourth-order valence-electron chi connectivity index (χ4n) is 1.02. The summed E-state index contributed by atoms with van der Waals surface area (Å²) in [4.78, 5) is 15.3. The van der Waals surface area contributed by atoms with Crippen molar-refractivity contribution in [2.24, 2.45) is 5.10 Å². The van der Waals surface area contributed by atoms with Crippen molar-refractivity contribution in [2.45, 2.75) is 0 Å². The van der Waals surface area contributed by atoms with Crippen molar-refractivity contribution in [3.63, 3.8) is 0 Å². The molecule has 0 aliphatic carbocycles. The van der Waals surface area contributed by atoms with Gasteiger partial charge in [-0.1, -0.05) is 23.4 Å². The van der Waals surface area contributed by atoms with Gasteiger partial charge in [0, 0.05) is 18.2 Å². The van der Waals surface area contributed by atoms with Crippen LogP contribution in [0.2, 0.25) is 5.02 Å². The number of hydrazone groups is 1. The number of amides is 1. The summed E-state index contributed by atoms with van der Waals surface area (Å²) in [5, 5.41) is 5.62. The number of hydrogen-bond donors (Lipinski definition) is 0. The molecule has 0 unspecified atom stereocenters. The van der Waals surface area contributed by atoms with Crippen LogP contribution < -0.4 is 5.01 Å². The summed E-state index contributed by atoms with van der Waals surface area (Å²) in [5.74, 6) is 0.614. The lowest BCUT2D eigenvalue weighted by molar-refractivity contribution is 0.265. The van der Waals surface area contributed by atoms with Gasteiger partial charge < -0.3 is 0 Å². The van der Waals surface area contributed by atoms with E-state index in [0.29, 0.717) is 16.5 Å². The van der Waals surface area contributed by atoms with E-state index in [9.17, 15) is 4.79 Å². The molecular formula is C8H6ClN3OS. The van der Waals surface area contributed by atoms with E-state index in [-0.39, 0.29) is 5.24 Å². The van der Waals surface area contributed by atoms with Crippen molar-refractivity contribution in [3.05, 3.63) is 23.5 Å². The number of carbonyl (C=O) groups excluding carboxylic acids is 1. The summed E-state index contributed by atoms with van der Waals surface area (Å²) in [6.07, 6.45) is 4.73. The molecule has 72 valence electrons. The number of anilines is 1. The number of pyridine rings is 1. The monoisotopic (exact) mass is 227 g/mol. The molecule has 2 rings (SSSR count). The van der Waals surface area contributed by atoms with Crippen LogP contribution in [0.5, 0.6) is 0 Å². The first kappa shape index (κ1) is 9.48. The molecule has 0 N–H and O–H groups in total. The van der Waals surface area contributed by atoms with E-state index in [0.717, 1.165) is 0 Å². The summed E-state index contributed by atoms with van der Waals surface area (Å²) in [6, 6.07) is 1.65. The Morgan fingerprint density at radius 1 is 1.50 bits per heavy atom. The Morgan fingerprint density at radius 2 is 2.36 bits per heavy atom. The van der Waals surface area contributed by atoms with Gasteiger partial charge in [-0.3, -0.25) is 9.78 Å². The first-order valence-corrected chi connectivity index (χ1v) is 5.23. The third-order valence-corrected chi connectivity index (χ3v) is 2.53. The zero-order valence-corrected chi connectivity index (χ0v) is 8.63. The molecule has 0 bridgehead atoms. The van der Waals surface area contributed by atoms with Crippen LogP contribution in [0.4, 0.5) is 10.5 Å². The summed E-state index contributed by atoms with van der Waals surface area (Å²) >= 11 is 6.95. The fourth-order valence-corrected chi connectivity index (χ4v) is 1.75. The summed E-state index contributed by atoms with van der Waals surface area (Å²) in [7, 11) is 0. The smallest absolute Gasteiger partial charge is 0.261 e. The van der Waals surface area contributed by atoms with Crippen molar-refractivity contribution >= 4 is 40.5 Å². The molecule has 0 fully saturated rings. The molecule has 0 aromatic carbocycles. The van der Waals surface area contributed by atoms with Gasteiger partial charge in [0.25, 0.3) is 0 Å². The quantitative estimate of drug-likeness (QED) is 0.740. The number of carbonyl (C=O) groups is 1. The van der Waals surface area contributed by atoms with Crippen LogP contribution in [0.1, 0.15) is 0 Å². The van der Waals surface area contributed by atoms with Crippen molar-refractivity contribution < 1.29 is 4.79 Å². The second-order valence-corrected chi connectivity index (χ2v) is 3.96. The second-order valence-electron chi connectivity index (χ2n) is 2.55. The van der Waals surface area contributed by atoms with E-state index in [1.165, 1.54) is 23.0 Å². The van der Waals surface area contributed by atoms with Crippen LogP contribution >= 0.6 is 23.4 Å². The predicted molar refractivity (Wildman–Crippen MR) is 58.1 cm³/mol. The fraction of sp³-hybridized carbons (Fsp3) is 0.125. The summed E-state index contributed by atoms with van der Waals surface area (Å²) in [5.41, 5.74) is 0.589. The minimum atomic E-state index is -0.114. The molecule has 6 heteroatoms. The van der Waals surface area contributed by atoms with E-state index >= 15 is 0 Å². The van der Waals surface area contributed by atoms with Gasteiger partial charge in [-0.2, -0.15) is 10.1 Å². The zero-order chi connectivity index (χ0) is 9.97. The molecule has 0 spiro atoms. The highest BCUT2D eigenvalue weighted by atomic mass is 35.5. The number of hydrogen-bond acceptors (Lipinski definition) is 4. The zero-order valence-electron chi connectivity index (χ0n) is 7.05. The van der Waals surface area contributed by atoms with Gasteiger partial charge in [0.05, 0.1) is 16.9 Å². The molecule has 1 aliphatic rings. The van der Waals surface area contributed by atoms with E-state index in [1.807, 2.05) is 0 Å². The maximum atomic E-state index is 11.4. The SMILES string of the molecule is O=C1SCC=NN1c1cncc(Cl)c1. The number of halogens is 1. The lowest BCUT2D eigenvalue weighted by Crippen LogP contribution is -2.25. The van der Waals surface area contributed by atoms with Crippen LogP contribution in [0, 0.1) is 0 Å². The van der Waals surface area contributed by atoms with E-state index in [1.54, 1.807) is 18.5 Å². The van der Waals surface area contributed by atoms with Crippen LogP contribution in [0.15, 0.2) is 23.6 Å². The van der Waals surface area contributed by atoms with E-state index in [2.05, 4.69) is 10.1 Å². The molecule has 1 aromatic rings. The molecule has 0 atom stereocenters. The van der Waals surface area contributed by atoms with Crippen LogP contribution in [0.25, 0.3) is 0 Å². The molecule has 1 aliphatic heterocycles. The molecule has 0 radical (unpaired) electrons. The highest BCUT2D eigenvalue weighted by Gasteiger charge is 2.18. The second kappa shape index (κ2) is 3.98. The van der Waals surface area contributed by atoms with Crippen LogP contribution in [0.3, 0.4) is 0 Å². The highest BCUT2D eigenvalue weighted by molar-refractivity contribution is 8.14. The largest absolute Gasteiger partial charge is 0.306 e. The molecule has 4 nitrogen and oxygen atoms in total. The Kier molecular flexibility index (Phi) is 2.69. The minimum absolute atomic E-state index is 0.114. The van der Waals surface area contributed by atoms with Crippen LogP contribution in [-0.4, -0.2) is 22.2 Å². The van der Waals surface area contributed by atoms with E-state index in [4.69, 9.17) is 11.6 Å². The van der Waals surface area contributed by atoms with E-state index < -0.39 is 0 Å². The van der Waals surface area contributed by atoms with Gasteiger partial charge in [0.2, 0.25) is 0 Å². The lowest BCUT2D eigenvalue weighted by atomic mass is 10.4. The summed E-state index contributed by atoms with van der Waals surface area (Å²) in [6.45, 7) is 0. The minimum Gasteiger partial charge on any atom is -0.261 e. The van der Waals surface area contributed by atoms with Gasteiger partial charge in [-0.25, -0.2) is 0 Å². The maximum absolute atomic E-state index is 11.4. The highest BCUT2D eigenvalue weighted by Crippen LogP contribution is 2.23. The average Bonchev–Trinajstić information content (AvgIpc) is 2.18. The normalized spacial score (nSPS) is 16.1. The van der Waals surface area contributed by atoms with Crippen molar-refractivity contribution in [3.8, 4) is 0 Å². The van der Waals surface area contributed by atoms with Gasteiger partial charge >= 0.3 is 5.24 Å². The molecule has 1 amide bonds. The molecule has 0 saturated carbocycles. The Balaban J connectivity index is 2.34. The summed E-state index contributed by atoms with van der Waals surface area (Å²) < 4.78 is 0. The Labute approximate surface area is 90.0 Å². The van der Waals surface area contributed by atoms with Crippen molar-refractivity contribution in [2.75, 3.05) is 10.8 Å². The Hall–Kier alpha value is -1.07. The molecular weight excluding hydrogens is 222 g/mol. The first-order valence-electron chi connectivity index (χ1n) is 3.87. The Morgan fingerprint density at radius 3 is 3.07 bits per heavy atom. The number of aromatic nitrogens is 1. The maximum Gasteiger partial charge on any atom is 0.306 e. The van der Waals surface area contributed by atoms with Gasteiger partial charge in [-0.15, -0.1) is 0 Å². The average molecular weight is 228 g/mol. The first-order chi connectivity index (χ1) is 6.77. The standard InChI is InChI=1S/C8H6ClN3OS/c9-6-3-7(5-10-4-6)12-8(13)14-2-1-11-12/h1,3-5H,2H2. The molecule has 1 aromatic heterocycles. The predicted octanol–water partition coefficient (Wildman–Crippen LogP) is 2.39.